The van der Waals surface area contributed by atoms with Crippen LogP contribution in [-0.4, -0.2) is 29.0 Å². The number of ether oxygens (including phenoxy) is 1. The van der Waals surface area contributed by atoms with E-state index < -0.39 is 22.7 Å². The van der Waals surface area contributed by atoms with Gasteiger partial charge in [0.25, 0.3) is 5.69 Å². The van der Waals surface area contributed by atoms with Crippen molar-refractivity contribution in [3.05, 3.63) is 86.6 Å². The number of anilines is 1. The van der Waals surface area contributed by atoms with E-state index in [2.05, 4.69) is 4.99 Å². The van der Waals surface area contributed by atoms with Crippen molar-refractivity contribution in [3.63, 3.8) is 0 Å². The number of esters is 1. The van der Waals surface area contributed by atoms with Gasteiger partial charge in [-0.15, -0.1) is 0 Å². The molecule has 1 aliphatic carbocycles. The van der Waals surface area contributed by atoms with Gasteiger partial charge in [-0.2, -0.15) is 0 Å². The molecule has 1 saturated carbocycles. The fourth-order valence-electron chi connectivity index (χ4n) is 4.49. The van der Waals surface area contributed by atoms with E-state index >= 15 is 0 Å². The summed E-state index contributed by atoms with van der Waals surface area (Å²) < 4.78 is 5.29. The van der Waals surface area contributed by atoms with Crippen LogP contribution in [-0.2, 0) is 14.3 Å². The largest absolute Gasteiger partial charge is 0.463 e. The minimum absolute atomic E-state index is 0.0218. The Kier molecular flexibility index (Phi) is 5.91. The van der Waals surface area contributed by atoms with E-state index in [0.717, 1.165) is 0 Å². The number of hydrogen-bond acceptors (Lipinski definition) is 7. The smallest absolute Gasteiger partial charge is 0.336 e. The fraction of sp³-hybridized carbons (Fsp3) is 0.240. The summed E-state index contributed by atoms with van der Waals surface area (Å²) in [7, 11) is 0. The fourth-order valence-corrected chi connectivity index (χ4v) is 4.49. The van der Waals surface area contributed by atoms with E-state index in [0.29, 0.717) is 45.8 Å². The van der Waals surface area contributed by atoms with Gasteiger partial charge < -0.3 is 10.5 Å². The molecular formula is C25H23N3O5. The summed E-state index contributed by atoms with van der Waals surface area (Å²) in [6.45, 7) is 3.67. The molecule has 2 unspecified atom stereocenters. The third-order valence-electron chi connectivity index (χ3n) is 5.95. The lowest BCUT2D eigenvalue weighted by Crippen LogP contribution is -2.32. The number of rotatable bonds is 5. The summed E-state index contributed by atoms with van der Waals surface area (Å²) >= 11 is 0. The molecule has 0 amide bonds. The molecule has 1 fully saturated rings. The lowest BCUT2D eigenvalue weighted by molar-refractivity contribution is -0.384. The maximum Gasteiger partial charge on any atom is 0.336 e. The summed E-state index contributed by atoms with van der Waals surface area (Å²) in [4.78, 5) is 41.5. The maximum atomic E-state index is 13.6. The van der Waals surface area contributed by atoms with Crippen LogP contribution in [0.25, 0.3) is 6.08 Å². The number of carbonyl (C=O) groups excluding carboxylic acids is 2. The Labute approximate surface area is 190 Å². The molecule has 0 aromatic heterocycles. The molecule has 2 aromatic rings. The van der Waals surface area contributed by atoms with Gasteiger partial charge >= 0.3 is 5.97 Å². The topological polar surface area (TPSA) is 125 Å². The first-order valence-corrected chi connectivity index (χ1v) is 10.6. The number of Topliss-reactive ketones (excluding diaryl/α,β-unsaturated/α-hetero) is 1. The molecule has 4 rings (SSSR count). The average molecular weight is 445 g/mol. The third kappa shape index (κ3) is 4.07. The quantitative estimate of drug-likeness (QED) is 0.241. The van der Waals surface area contributed by atoms with E-state index in [1.54, 1.807) is 44.2 Å². The number of hydrogen-bond donors (Lipinski definition) is 1. The zero-order valence-corrected chi connectivity index (χ0v) is 18.3. The number of nitro groups is 1. The molecule has 0 bridgehead atoms. The van der Waals surface area contributed by atoms with E-state index in [1.165, 1.54) is 12.1 Å². The van der Waals surface area contributed by atoms with Gasteiger partial charge in [0.1, 0.15) is 0 Å². The van der Waals surface area contributed by atoms with Crippen LogP contribution in [0.2, 0.25) is 0 Å². The van der Waals surface area contributed by atoms with Gasteiger partial charge in [-0.25, -0.2) is 4.79 Å². The number of aliphatic imine (C=N–C) groups is 1. The van der Waals surface area contributed by atoms with Crippen LogP contribution in [0.3, 0.4) is 0 Å². The Morgan fingerprint density at radius 2 is 1.91 bits per heavy atom. The van der Waals surface area contributed by atoms with Gasteiger partial charge in [-0.05, 0) is 49.2 Å². The average Bonchev–Trinajstić information content (AvgIpc) is 3.08. The van der Waals surface area contributed by atoms with Crippen molar-refractivity contribution in [1.82, 2.24) is 0 Å². The summed E-state index contributed by atoms with van der Waals surface area (Å²) in [6, 6.07) is 13.2. The highest BCUT2D eigenvalue weighted by atomic mass is 16.6. The number of carbonyl (C=O) groups is 2. The molecule has 0 saturated heterocycles. The number of allylic oxidation sites excluding steroid dienone is 2. The van der Waals surface area contributed by atoms with Crippen LogP contribution in [0.15, 0.2) is 70.4 Å². The molecule has 8 nitrogen and oxygen atoms in total. The van der Waals surface area contributed by atoms with Crippen LogP contribution in [0.1, 0.15) is 37.3 Å². The SMILES string of the molecule is CCOC(=O)C1=C(C)N=C2C/C(=C/c3ccc([N+](=O)[O-])cc3)C(=O)C2C1c1ccccc1N. The molecule has 0 radical (unpaired) electrons. The van der Waals surface area contributed by atoms with Crippen LogP contribution in [0.5, 0.6) is 0 Å². The molecular weight excluding hydrogens is 422 g/mol. The summed E-state index contributed by atoms with van der Waals surface area (Å²) in [5.41, 5.74) is 10.1. The van der Waals surface area contributed by atoms with E-state index in [1.807, 2.05) is 12.1 Å². The lowest BCUT2D eigenvalue weighted by atomic mass is 9.75. The molecule has 33 heavy (non-hydrogen) atoms. The molecule has 2 aliphatic rings. The van der Waals surface area contributed by atoms with Gasteiger partial charge in [0, 0.05) is 47.1 Å². The highest BCUT2D eigenvalue weighted by Crippen LogP contribution is 2.46. The van der Waals surface area contributed by atoms with E-state index in [4.69, 9.17) is 10.5 Å². The van der Waals surface area contributed by atoms with Crippen molar-refractivity contribution in [2.45, 2.75) is 26.2 Å². The zero-order chi connectivity index (χ0) is 23.7. The number of fused-ring (bicyclic) bond motifs is 1. The number of nitrogens with zero attached hydrogens (tertiary/aromatic N) is 2. The predicted molar refractivity (Wildman–Crippen MR) is 125 cm³/mol. The molecule has 8 heteroatoms. The molecule has 2 atom stereocenters. The monoisotopic (exact) mass is 445 g/mol. The minimum atomic E-state index is -0.665. The van der Waals surface area contributed by atoms with Crippen molar-refractivity contribution in [2.75, 3.05) is 12.3 Å². The number of benzene rings is 2. The van der Waals surface area contributed by atoms with Crippen LogP contribution in [0.4, 0.5) is 11.4 Å². The molecule has 0 spiro atoms. The van der Waals surface area contributed by atoms with Crippen molar-refractivity contribution in [3.8, 4) is 0 Å². The number of non-ortho nitro benzene ring substituents is 1. The molecule has 1 heterocycles. The molecule has 2 N–H and O–H groups in total. The van der Waals surface area contributed by atoms with Gasteiger partial charge in [-0.3, -0.25) is 19.9 Å². The Morgan fingerprint density at radius 3 is 2.55 bits per heavy atom. The Bertz CT molecular complexity index is 1240. The van der Waals surface area contributed by atoms with Gasteiger partial charge in [0.2, 0.25) is 0 Å². The van der Waals surface area contributed by atoms with Crippen LogP contribution in [0, 0.1) is 16.0 Å². The van der Waals surface area contributed by atoms with E-state index in [9.17, 15) is 19.7 Å². The van der Waals surface area contributed by atoms with Gasteiger partial charge in [-0.1, -0.05) is 18.2 Å². The number of nitro benzene ring substituents is 1. The van der Waals surface area contributed by atoms with Crippen LogP contribution >= 0.6 is 0 Å². The highest BCUT2D eigenvalue weighted by molar-refractivity contribution is 6.24. The Morgan fingerprint density at radius 1 is 1.21 bits per heavy atom. The summed E-state index contributed by atoms with van der Waals surface area (Å²) in [6.07, 6.45) is 2.05. The summed E-state index contributed by atoms with van der Waals surface area (Å²) in [5.74, 6) is -1.92. The molecule has 1 aliphatic heterocycles. The molecule has 168 valence electrons. The van der Waals surface area contributed by atoms with Gasteiger partial charge in [0.05, 0.1) is 23.0 Å². The summed E-state index contributed by atoms with van der Waals surface area (Å²) in [5, 5.41) is 10.9. The zero-order valence-electron chi connectivity index (χ0n) is 18.3. The van der Waals surface area contributed by atoms with Crippen molar-refractivity contribution in [2.24, 2.45) is 10.9 Å². The lowest BCUT2D eigenvalue weighted by Gasteiger charge is -2.30. The normalized spacial score (nSPS) is 21.1. The van der Waals surface area contributed by atoms with Crippen molar-refractivity contribution in [1.29, 1.82) is 0 Å². The number of nitrogen functional groups attached to an aromatic ring is 1. The highest BCUT2D eigenvalue weighted by Gasteiger charge is 2.47. The van der Waals surface area contributed by atoms with Crippen molar-refractivity contribution >= 4 is 34.9 Å². The first-order valence-electron chi connectivity index (χ1n) is 10.6. The second kappa shape index (κ2) is 8.82. The second-order valence-corrected chi connectivity index (χ2v) is 7.97. The number of para-hydroxylation sites is 1. The first-order chi connectivity index (χ1) is 15.8. The first kappa shape index (κ1) is 22.1. The molecule has 2 aromatic carbocycles. The minimum Gasteiger partial charge on any atom is -0.463 e. The predicted octanol–water partition coefficient (Wildman–Crippen LogP) is 4.22. The maximum absolute atomic E-state index is 13.6. The standard InChI is InChI=1S/C25H23N3O5/c1-3-33-25(30)21-14(2)27-20-13-16(12-15-8-10-17(11-9-15)28(31)32)24(29)23(20)22(21)18-6-4-5-7-19(18)26/h4-12,22-23H,3,13,26H2,1-2H3/b16-12-. The Hall–Kier alpha value is -4.07. The van der Waals surface area contributed by atoms with Crippen molar-refractivity contribution < 1.29 is 19.2 Å². The van der Waals surface area contributed by atoms with Gasteiger partial charge in [0.15, 0.2) is 5.78 Å². The third-order valence-corrected chi connectivity index (χ3v) is 5.95. The van der Waals surface area contributed by atoms with Crippen LogP contribution < -0.4 is 5.73 Å². The van der Waals surface area contributed by atoms with E-state index in [-0.39, 0.29) is 18.1 Å². The Balaban J connectivity index is 1.78. The number of nitrogens with two attached hydrogens (primary N) is 1. The second-order valence-electron chi connectivity index (χ2n) is 7.97. The number of ketones is 1.